The number of hydrogen-bond donors (Lipinski definition) is 2. The zero-order valence-corrected chi connectivity index (χ0v) is 21.7. The number of benzene rings is 2. The molecule has 1 amide bonds. The van der Waals surface area contributed by atoms with Crippen LogP contribution in [0.2, 0.25) is 0 Å². The topological polar surface area (TPSA) is 103 Å². The van der Waals surface area contributed by atoms with Crippen molar-refractivity contribution in [3.05, 3.63) is 70.1 Å². The maximum absolute atomic E-state index is 11.9. The van der Waals surface area contributed by atoms with Crippen molar-refractivity contribution in [3.8, 4) is 17.0 Å². The van der Waals surface area contributed by atoms with Crippen LogP contribution in [0.5, 0.6) is 5.75 Å². The van der Waals surface area contributed by atoms with E-state index in [2.05, 4.69) is 21.2 Å². The van der Waals surface area contributed by atoms with Gasteiger partial charge in [-0.3, -0.25) is 4.79 Å². The highest BCUT2D eigenvalue weighted by molar-refractivity contribution is 9.10. The summed E-state index contributed by atoms with van der Waals surface area (Å²) >= 11 is 3.45. The van der Waals surface area contributed by atoms with E-state index in [0.29, 0.717) is 25.2 Å². The second kappa shape index (κ2) is 12.4. The molecule has 8 nitrogen and oxygen atoms in total. The predicted octanol–water partition coefficient (Wildman–Crippen LogP) is 5.12. The molecule has 0 saturated carbocycles. The summed E-state index contributed by atoms with van der Waals surface area (Å²) in [6, 6.07) is 13.5. The van der Waals surface area contributed by atoms with Crippen molar-refractivity contribution in [2.45, 2.75) is 45.8 Å². The van der Waals surface area contributed by atoms with Gasteiger partial charge in [-0.15, -0.1) is 0 Å². The number of amides is 1. The Bertz CT molecular complexity index is 1160. The third-order valence-corrected chi connectivity index (χ3v) is 5.79. The first-order chi connectivity index (χ1) is 16.7. The Morgan fingerprint density at radius 1 is 1.11 bits per heavy atom. The highest BCUT2D eigenvalue weighted by Gasteiger charge is 2.12. The van der Waals surface area contributed by atoms with Gasteiger partial charge in [0.2, 0.25) is 0 Å². The van der Waals surface area contributed by atoms with Crippen molar-refractivity contribution < 1.29 is 24.2 Å². The van der Waals surface area contributed by atoms with Gasteiger partial charge in [-0.25, -0.2) is 9.78 Å². The number of aliphatic carboxylic acids is 1. The molecule has 0 bridgehead atoms. The number of nitrogens with one attached hydrogen (secondary N) is 1. The van der Waals surface area contributed by atoms with E-state index in [-0.39, 0.29) is 19.1 Å². The third-order valence-electron chi connectivity index (χ3n) is 5.26. The molecular formula is C26H30BrN3O5. The lowest BCUT2D eigenvalue weighted by Gasteiger charge is -2.14. The van der Waals surface area contributed by atoms with Crippen LogP contribution >= 0.6 is 15.9 Å². The zero-order valence-electron chi connectivity index (χ0n) is 20.1. The number of aryl methyl sites for hydroxylation is 2. The fourth-order valence-electron chi connectivity index (χ4n) is 3.52. The Labute approximate surface area is 213 Å². The number of aromatic nitrogens is 2. The summed E-state index contributed by atoms with van der Waals surface area (Å²) in [5.74, 6) is 0.667. The quantitative estimate of drug-likeness (QED) is 0.347. The van der Waals surface area contributed by atoms with E-state index in [1.54, 1.807) is 13.8 Å². The molecule has 0 aliphatic rings. The molecule has 0 spiro atoms. The summed E-state index contributed by atoms with van der Waals surface area (Å²) in [4.78, 5) is 27.7. The SMILES string of the molecule is CC(C)OC(=O)NCc1cc(OCCc2nc(-c3ccc(Br)cc3)cn2C)ccc1CCC(=O)O. The molecule has 2 aromatic carbocycles. The molecule has 186 valence electrons. The Morgan fingerprint density at radius 2 is 1.86 bits per heavy atom. The van der Waals surface area contributed by atoms with Crippen LogP contribution in [0.4, 0.5) is 4.79 Å². The van der Waals surface area contributed by atoms with Gasteiger partial charge in [0.1, 0.15) is 11.6 Å². The Balaban J connectivity index is 1.64. The summed E-state index contributed by atoms with van der Waals surface area (Å²) in [7, 11) is 1.96. The molecule has 0 unspecified atom stereocenters. The summed E-state index contributed by atoms with van der Waals surface area (Å²) in [6.45, 7) is 4.18. The molecule has 0 aliphatic heterocycles. The minimum Gasteiger partial charge on any atom is -0.493 e. The highest BCUT2D eigenvalue weighted by Crippen LogP contribution is 2.22. The molecule has 0 radical (unpaired) electrons. The smallest absolute Gasteiger partial charge is 0.407 e. The van der Waals surface area contributed by atoms with Gasteiger partial charge in [0.15, 0.2) is 0 Å². The summed E-state index contributed by atoms with van der Waals surface area (Å²) in [5.41, 5.74) is 3.58. The van der Waals surface area contributed by atoms with Crippen LogP contribution in [-0.2, 0) is 36.0 Å². The first kappa shape index (κ1) is 26.3. The minimum absolute atomic E-state index is 0.00348. The van der Waals surface area contributed by atoms with E-state index < -0.39 is 12.1 Å². The largest absolute Gasteiger partial charge is 0.493 e. The average molecular weight is 544 g/mol. The van der Waals surface area contributed by atoms with Gasteiger partial charge in [-0.2, -0.15) is 0 Å². The fourth-order valence-corrected chi connectivity index (χ4v) is 3.79. The molecule has 1 heterocycles. The monoisotopic (exact) mass is 543 g/mol. The number of imidazole rings is 1. The molecule has 35 heavy (non-hydrogen) atoms. The molecule has 0 atom stereocenters. The van der Waals surface area contributed by atoms with Gasteiger partial charge < -0.3 is 24.5 Å². The number of carboxylic acids is 1. The summed E-state index contributed by atoms with van der Waals surface area (Å²) in [6.07, 6.45) is 2.22. The van der Waals surface area contributed by atoms with Gasteiger partial charge in [0, 0.05) is 42.7 Å². The first-order valence-electron chi connectivity index (χ1n) is 11.4. The lowest BCUT2D eigenvalue weighted by Crippen LogP contribution is -2.26. The summed E-state index contributed by atoms with van der Waals surface area (Å²) in [5, 5.41) is 11.8. The van der Waals surface area contributed by atoms with E-state index in [4.69, 9.17) is 19.6 Å². The van der Waals surface area contributed by atoms with Crippen LogP contribution in [0, 0.1) is 0 Å². The molecule has 2 N–H and O–H groups in total. The maximum atomic E-state index is 11.9. The molecule has 1 aromatic heterocycles. The molecular weight excluding hydrogens is 514 g/mol. The minimum atomic E-state index is -0.874. The highest BCUT2D eigenvalue weighted by atomic mass is 79.9. The molecule has 0 fully saturated rings. The second-order valence-electron chi connectivity index (χ2n) is 8.39. The summed E-state index contributed by atoms with van der Waals surface area (Å²) < 4.78 is 14.1. The lowest BCUT2D eigenvalue weighted by molar-refractivity contribution is -0.136. The van der Waals surface area contributed by atoms with Gasteiger partial charge in [0.05, 0.1) is 18.4 Å². The van der Waals surface area contributed by atoms with Crippen molar-refractivity contribution in [1.29, 1.82) is 0 Å². The molecule has 3 rings (SSSR count). The Hall–Kier alpha value is -3.33. The van der Waals surface area contributed by atoms with Gasteiger partial charge in [0.25, 0.3) is 0 Å². The van der Waals surface area contributed by atoms with Crippen LogP contribution in [0.15, 0.2) is 53.1 Å². The average Bonchev–Trinajstić information content (AvgIpc) is 3.17. The normalized spacial score (nSPS) is 10.9. The maximum Gasteiger partial charge on any atom is 0.407 e. The van der Waals surface area contributed by atoms with E-state index in [0.717, 1.165) is 32.7 Å². The van der Waals surface area contributed by atoms with Crippen molar-refractivity contribution in [2.24, 2.45) is 7.05 Å². The molecule has 0 saturated heterocycles. The lowest BCUT2D eigenvalue weighted by atomic mass is 10.0. The molecule has 9 heteroatoms. The second-order valence-corrected chi connectivity index (χ2v) is 9.31. The van der Waals surface area contributed by atoms with Crippen LogP contribution < -0.4 is 10.1 Å². The number of rotatable bonds is 11. The van der Waals surface area contributed by atoms with Crippen LogP contribution in [0.3, 0.4) is 0 Å². The van der Waals surface area contributed by atoms with Crippen LogP contribution in [-0.4, -0.2) is 39.4 Å². The number of hydrogen-bond acceptors (Lipinski definition) is 5. The van der Waals surface area contributed by atoms with E-state index >= 15 is 0 Å². The number of carbonyl (C=O) groups excluding carboxylic acids is 1. The Kier molecular flexibility index (Phi) is 9.31. The van der Waals surface area contributed by atoms with E-state index in [1.807, 2.05) is 60.3 Å². The number of carbonyl (C=O) groups is 2. The van der Waals surface area contributed by atoms with Crippen molar-refractivity contribution in [3.63, 3.8) is 0 Å². The standard InChI is InChI=1S/C26H30BrN3O5/c1-17(2)35-26(33)28-15-20-14-22(10-6-18(20)7-11-25(31)32)34-13-12-24-29-23(16-30(24)3)19-4-8-21(27)9-5-19/h4-6,8-10,14,16-17H,7,11-13,15H2,1-3H3,(H,28,33)(H,31,32). The number of ether oxygens (including phenoxy) is 2. The van der Waals surface area contributed by atoms with Gasteiger partial charge in [-0.1, -0.05) is 34.1 Å². The van der Waals surface area contributed by atoms with Crippen LogP contribution in [0.1, 0.15) is 37.2 Å². The van der Waals surface area contributed by atoms with Crippen LogP contribution in [0.25, 0.3) is 11.3 Å². The zero-order chi connectivity index (χ0) is 25.4. The third kappa shape index (κ3) is 8.13. The predicted molar refractivity (Wildman–Crippen MR) is 136 cm³/mol. The van der Waals surface area contributed by atoms with E-state index in [1.165, 1.54) is 0 Å². The molecule has 3 aromatic rings. The van der Waals surface area contributed by atoms with E-state index in [9.17, 15) is 9.59 Å². The van der Waals surface area contributed by atoms with Crippen molar-refractivity contribution >= 4 is 28.0 Å². The van der Waals surface area contributed by atoms with Gasteiger partial charge >= 0.3 is 12.1 Å². The number of nitrogens with zero attached hydrogens (tertiary/aromatic N) is 2. The van der Waals surface area contributed by atoms with Gasteiger partial charge in [-0.05, 0) is 55.7 Å². The number of alkyl carbamates (subject to hydrolysis) is 1. The first-order valence-corrected chi connectivity index (χ1v) is 12.2. The fraction of sp³-hybridized carbons (Fsp3) is 0.346. The number of carboxylic acid groups (broad SMARTS) is 1. The number of halogens is 1. The van der Waals surface area contributed by atoms with Crippen molar-refractivity contribution in [2.75, 3.05) is 6.61 Å². The van der Waals surface area contributed by atoms with Crippen molar-refractivity contribution in [1.82, 2.24) is 14.9 Å². The molecule has 0 aliphatic carbocycles. The Morgan fingerprint density at radius 3 is 2.54 bits per heavy atom.